The highest BCUT2D eigenvalue weighted by molar-refractivity contribution is 5.95. The molecule has 1 aromatic heterocycles. The van der Waals surface area contributed by atoms with Gasteiger partial charge in [0.2, 0.25) is 5.91 Å². The minimum Gasteiger partial charge on any atom is -0.408 e. The fourth-order valence-electron chi connectivity index (χ4n) is 4.15. The standard InChI is InChI=1S/C16H19N3O3.ClH/c1-19-11-7-10(4-5-12(11)22-16(19)21)18-15(20)13-8-2-3-9(6-8)14(13)17;/h4-5,7-9,13-14H,2-3,6,17H2,1H3,(H,18,20);1H. The van der Waals surface area contributed by atoms with E-state index in [1.807, 2.05) is 0 Å². The number of hydrogen-bond acceptors (Lipinski definition) is 4. The van der Waals surface area contributed by atoms with Crippen molar-refractivity contribution in [2.75, 3.05) is 5.32 Å². The van der Waals surface area contributed by atoms with Gasteiger partial charge in [-0.2, -0.15) is 0 Å². The molecule has 2 aromatic rings. The number of rotatable bonds is 2. The van der Waals surface area contributed by atoms with E-state index in [4.69, 9.17) is 10.2 Å². The molecule has 4 atom stereocenters. The Kier molecular flexibility index (Phi) is 3.98. The first-order valence-corrected chi connectivity index (χ1v) is 7.70. The molecule has 4 unspecified atom stereocenters. The van der Waals surface area contributed by atoms with Crippen LogP contribution < -0.4 is 16.8 Å². The highest BCUT2D eigenvalue weighted by Gasteiger charge is 2.49. The molecule has 1 heterocycles. The molecule has 2 fully saturated rings. The molecular weight excluding hydrogens is 318 g/mol. The SMILES string of the molecule is Cl.Cn1c(=O)oc2ccc(NC(=O)C3C4CCC(C4)C3N)cc21. The molecule has 2 saturated carbocycles. The Morgan fingerprint density at radius 1 is 1.35 bits per heavy atom. The molecule has 0 spiro atoms. The average molecular weight is 338 g/mol. The first-order valence-electron chi connectivity index (χ1n) is 7.70. The Morgan fingerprint density at radius 3 is 2.78 bits per heavy atom. The zero-order valence-electron chi connectivity index (χ0n) is 12.8. The Labute approximate surface area is 139 Å². The lowest BCUT2D eigenvalue weighted by Gasteiger charge is -2.27. The van der Waals surface area contributed by atoms with Crippen molar-refractivity contribution in [1.82, 2.24) is 4.57 Å². The van der Waals surface area contributed by atoms with Crippen LogP contribution in [0.1, 0.15) is 19.3 Å². The summed E-state index contributed by atoms with van der Waals surface area (Å²) < 4.78 is 6.52. The van der Waals surface area contributed by atoms with Crippen LogP contribution in [0.15, 0.2) is 27.4 Å². The van der Waals surface area contributed by atoms with E-state index < -0.39 is 5.76 Å². The Balaban J connectivity index is 0.00000156. The predicted octanol–water partition coefficient (Wildman–Crippen LogP) is 1.87. The summed E-state index contributed by atoms with van der Waals surface area (Å²) >= 11 is 0. The molecule has 4 rings (SSSR count). The molecule has 0 aliphatic heterocycles. The third-order valence-corrected chi connectivity index (χ3v) is 5.34. The molecule has 0 radical (unpaired) electrons. The third kappa shape index (κ3) is 2.46. The molecule has 124 valence electrons. The van der Waals surface area contributed by atoms with Crippen LogP contribution in [0.5, 0.6) is 0 Å². The molecule has 2 aliphatic rings. The lowest BCUT2D eigenvalue weighted by Crippen LogP contribution is -2.42. The Bertz CT molecular complexity index is 810. The van der Waals surface area contributed by atoms with Crippen molar-refractivity contribution in [3.8, 4) is 0 Å². The molecule has 3 N–H and O–H groups in total. The molecule has 2 bridgehead atoms. The van der Waals surface area contributed by atoms with Gasteiger partial charge in [-0.1, -0.05) is 0 Å². The summed E-state index contributed by atoms with van der Waals surface area (Å²) in [5.74, 6) is 0.406. The van der Waals surface area contributed by atoms with Gasteiger partial charge >= 0.3 is 5.76 Å². The number of nitrogens with one attached hydrogen (secondary N) is 1. The second kappa shape index (κ2) is 5.69. The Morgan fingerprint density at radius 2 is 2.09 bits per heavy atom. The van der Waals surface area contributed by atoms with Gasteiger partial charge in [-0.25, -0.2) is 4.79 Å². The summed E-state index contributed by atoms with van der Waals surface area (Å²) in [6.07, 6.45) is 3.33. The normalized spacial score (nSPS) is 28.8. The van der Waals surface area contributed by atoms with Crippen molar-refractivity contribution in [2.24, 2.45) is 30.5 Å². The summed E-state index contributed by atoms with van der Waals surface area (Å²) in [4.78, 5) is 24.1. The average Bonchev–Trinajstić information content (AvgIpc) is 3.15. The van der Waals surface area contributed by atoms with Crippen LogP contribution >= 0.6 is 12.4 Å². The number of aromatic nitrogens is 1. The Hall–Kier alpha value is -1.79. The van der Waals surface area contributed by atoms with Crippen LogP contribution in [0.3, 0.4) is 0 Å². The van der Waals surface area contributed by atoms with Crippen molar-refractivity contribution in [1.29, 1.82) is 0 Å². The smallest absolute Gasteiger partial charge is 0.408 e. The van der Waals surface area contributed by atoms with E-state index in [1.165, 1.54) is 4.57 Å². The first-order chi connectivity index (χ1) is 10.5. The van der Waals surface area contributed by atoms with Gasteiger partial charge in [0.25, 0.3) is 0 Å². The summed E-state index contributed by atoms with van der Waals surface area (Å²) in [6.45, 7) is 0. The highest BCUT2D eigenvalue weighted by Crippen LogP contribution is 2.47. The monoisotopic (exact) mass is 337 g/mol. The van der Waals surface area contributed by atoms with Gasteiger partial charge < -0.3 is 15.5 Å². The van der Waals surface area contributed by atoms with Crippen molar-refractivity contribution in [3.63, 3.8) is 0 Å². The van der Waals surface area contributed by atoms with E-state index in [2.05, 4.69) is 5.32 Å². The molecule has 2 aliphatic carbocycles. The number of nitrogens with two attached hydrogens (primary N) is 1. The number of anilines is 1. The molecule has 7 heteroatoms. The number of fused-ring (bicyclic) bond motifs is 3. The second-order valence-corrected chi connectivity index (χ2v) is 6.54. The van der Waals surface area contributed by atoms with Gasteiger partial charge in [-0.15, -0.1) is 12.4 Å². The van der Waals surface area contributed by atoms with Gasteiger partial charge in [0, 0.05) is 18.8 Å². The van der Waals surface area contributed by atoms with E-state index in [1.54, 1.807) is 25.2 Å². The van der Waals surface area contributed by atoms with Crippen molar-refractivity contribution >= 4 is 35.1 Å². The van der Waals surface area contributed by atoms with Crippen LogP contribution in [0, 0.1) is 17.8 Å². The number of halogens is 1. The fraction of sp³-hybridized carbons (Fsp3) is 0.500. The minimum absolute atomic E-state index is 0. The van der Waals surface area contributed by atoms with Crippen LogP contribution in [0.4, 0.5) is 5.69 Å². The highest BCUT2D eigenvalue weighted by atomic mass is 35.5. The van der Waals surface area contributed by atoms with E-state index in [0.717, 1.165) is 19.3 Å². The third-order valence-electron chi connectivity index (χ3n) is 5.34. The summed E-state index contributed by atoms with van der Waals surface area (Å²) in [6, 6.07) is 5.19. The molecule has 1 aromatic carbocycles. The molecular formula is C16H20ClN3O3. The number of amides is 1. The fourth-order valence-corrected chi connectivity index (χ4v) is 4.15. The number of benzene rings is 1. The summed E-state index contributed by atoms with van der Waals surface area (Å²) in [5.41, 5.74) is 8.07. The summed E-state index contributed by atoms with van der Waals surface area (Å²) in [7, 11) is 1.64. The predicted molar refractivity (Wildman–Crippen MR) is 89.6 cm³/mol. The lowest BCUT2D eigenvalue weighted by atomic mass is 9.84. The van der Waals surface area contributed by atoms with Gasteiger partial charge in [-0.05, 0) is 49.3 Å². The van der Waals surface area contributed by atoms with Gasteiger partial charge in [0.1, 0.15) is 0 Å². The number of hydrogen-bond donors (Lipinski definition) is 2. The quantitative estimate of drug-likeness (QED) is 0.875. The largest absolute Gasteiger partial charge is 0.419 e. The van der Waals surface area contributed by atoms with Crippen LogP contribution in [0.2, 0.25) is 0 Å². The van der Waals surface area contributed by atoms with Crippen molar-refractivity contribution in [2.45, 2.75) is 25.3 Å². The maximum atomic E-state index is 12.6. The van der Waals surface area contributed by atoms with E-state index in [0.29, 0.717) is 28.6 Å². The molecule has 1 amide bonds. The maximum absolute atomic E-state index is 12.6. The first kappa shape index (κ1) is 16.1. The zero-order valence-corrected chi connectivity index (χ0v) is 13.6. The van der Waals surface area contributed by atoms with E-state index in [-0.39, 0.29) is 30.3 Å². The van der Waals surface area contributed by atoms with Crippen LogP contribution in [-0.2, 0) is 11.8 Å². The second-order valence-electron chi connectivity index (χ2n) is 6.54. The molecule has 23 heavy (non-hydrogen) atoms. The molecule has 0 saturated heterocycles. The number of oxazole rings is 1. The van der Waals surface area contributed by atoms with Crippen LogP contribution in [0.25, 0.3) is 11.1 Å². The number of carbonyl (C=O) groups excluding carboxylic acids is 1. The number of aryl methyl sites for hydroxylation is 1. The van der Waals surface area contributed by atoms with Gasteiger partial charge in [0.05, 0.1) is 11.4 Å². The van der Waals surface area contributed by atoms with Crippen LogP contribution in [-0.4, -0.2) is 16.5 Å². The van der Waals surface area contributed by atoms with Crippen molar-refractivity contribution in [3.05, 3.63) is 28.7 Å². The summed E-state index contributed by atoms with van der Waals surface area (Å²) in [5, 5.41) is 2.95. The number of nitrogens with zero attached hydrogens (tertiary/aromatic N) is 1. The lowest BCUT2D eigenvalue weighted by molar-refractivity contribution is -0.121. The number of carbonyl (C=O) groups is 1. The van der Waals surface area contributed by atoms with E-state index in [9.17, 15) is 9.59 Å². The minimum atomic E-state index is -0.409. The topological polar surface area (TPSA) is 90.3 Å². The molecule has 6 nitrogen and oxygen atoms in total. The van der Waals surface area contributed by atoms with E-state index >= 15 is 0 Å². The maximum Gasteiger partial charge on any atom is 0.419 e. The zero-order chi connectivity index (χ0) is 15.4. The van der Waals surface area contributed by atoms with Crippen molar-refractivity contribution < 1.29 is 9.21 Å². The van der Waals surface area contributed by atoms with Gasteiger partial charge in [0.15, 0.2) is 5.58 Å². The van der Waals surface area contributed by atoms with Gasteiger partial charge in [-0.3, -0.25) is 9.36 Å².